The highest BCUT2D eigenvalue weighted by atomic mass is 32.1. The summed E-state index contributed by atoms with van der Waals surface area (Å²) in [7, 11) is 0. The lowest BCUT2D eigenvalue weighted by molar-refractivity contribution is -0.118. The minimum atomic E-state index is 0.206. The Labute approximate surface area is 123 Å². The van der Waals surface area contributed by atoms with Gasteiger partial charge in [0.2, 0.25) is 5.91 Å². The molecule has 4 nitrogen and oxygen atoms in total. The van der Waals surface area contributed by atoms with Crippen LogP contribution in [0.4, 0.5) is 5.13 Å². The lowest BCUT2D eigenvalue weighted by atomic mass is 9.92. The molecule has 0 aromatic carbocycles. The average Bonchev–Trinajstić information content (AvgIpc) is 2.99. The number of nitrogens with zero attached hydrogens (tertiary/aromatic N) is 1. The summed E-state index contributed by atoms with van der Waals surface area (Å²) in [5, 5.41) is 7.29. The predicted octanol–water partition coefficient (Wildman–Crippen LogP) is 2.35. The first kappa shape index (κ1) is 12.8. The van der Waals surface area contributed by atoms with Crippen LogP contribution in [0.1, 0.15) is 42.7 Å². The number of piperidine rings is 1. The molecule has 0 radical (unpaired) electrons. The molecular formula is C15H21N3OS. The van der Waals surface area contributed by atoms with E-state index in [0.717, 1.165) is 50.3 Å². The second-order valence-corrected chi connectivity index (χ2v) is 7.54. The van der Waals surface area contributed by atoms with Gasteiger partial charge in [-0.2, -0.15) is 0 Å². The number of carbonyl (C=O) groups is 1. The second-order valence-electron chi connectivity index (χ2n) is 6.45. The van der Waals surface area contributed by atoms with Crippen LogP contribution in [0, 0.1) is 11.3 Å². The third-order valence-electron chi connectivity index (χ3n) is 5.18. The number of hydrogen-bond donors (Lipinski definition) is 2. The van der Waals surface area contributed by atoms with Gasteiger partial charge < -0.3 is 10.6 Å². The summed E-state index contributed by atoms with van der Waals surface area (Å²) in [4.78, 5) is 18.4. The summed E-state index contributed by atoms with van der Waals surface area (Å²) in [6.07, 6.45) is 8.11. The van der Waals surface area contributed by atoms with Gasteiger partial charge in [0.15, 0.2) is 5.13 Å². The van der Waals surface area contributed by atoms with Crippen LogP contribution in [-0.4, -0.2) is 24.0 Å². The molecule has 3 aliphatic rings. The summed E-state index contributed by atoms with van der Waals surface area (Å²) < 4.78 is 0. The number of hydrogen-bond acceptors (Lipinski definition) is 4. The van der Waals surface area contributed by atoms with Gasteiger partial charge in [-0.3, -0.25) is 4.79 Å². The molecule has 2 fully saturated rings. The molecule has 1 aliphatic heterocycles. The van der Waals surface area contributed by atoms with Gasteiger partial charge in [0.05, 0.1) is 5.69 Å². The molecule has 4 rings (SSSR count). The SMILES string of the molecule is O=C(Nc1nc2c(s1)CCCC2)C1CC12CCNCC2. The van der Waals surface area contributed by atoms with E-state index in [1.807, 2.05) is 0 Å². The van der Waals surface area contributed by atoms with Gasteiger partial charge in [0.1, 0.15) is 0 Å². The molecule has 2 N–H and O–H groups in total. The number of aromatic nitrogens is 1. The van der Waals surface area contributed by atoms with Gasteiger partial charge in [-0.15, -0.1) is 11.3 Å². The average molecular weight is 291 g/mol. The minimum absolute atomic E-state index is 0.206. The topological polar surface area (TPSA) is 54.0 Å². The van der Waals surface area contributed by atoms with Gasteiger partial charge in [0, 0.05) is 10.8 Å². The lowest BCUT2D eigenvalue weighted by Crippen LogP contribution is -2.31. The molecule has 5 heteroatoms. The van der Waals surface area contributed by atoms with Gasteiger partial charge in [-0.25, -0.2) is 4.98 Å². The monoisotopic (exact) mass is 291 g/mol. The summed E-state index contributed by atoms with van der Waals surface area (Å²) >= 11 is 1.69. The number of rotatable bonds is 2. The molecule has 108 valence electrons. The number of anilines is 1. The standard InChI is InChI=1S/C15H21N3OS/c19-13(10-9-15(10)5-7-16-8-6-15)18-14-17-11-3-1-2-4-12(11)20-14/h10,16H,1-9H2,(H,17,18,19). The first-order valence-corrected chi connectivity index (χ1v) is 8.59. The quantitative estimate of drug-likeness (QED) is 0.879. The highest BCUT2D eigenvalue weighted by Crippen LogP contribution is 2.58. The van der Waals surface area contributed by atoms with Crippen LogP contribution in [0.15, 0.2) is 0 Å². The van der Waals surface area contributed by atoms with E-state index in [1.165, 1.54) is 23.4 Å². The lowest BCUT2D eigenvalue weighted by Gasteiger charge is -2.22. The zero-order valence-corrected chi connectivity index (χ0v) is 12.5. The third-order valence-corrected chi connectivity index (χ3v) is 6.25. The molecule has 1 aromatic heterocycles. The van der Waals surface area contributed by atoms with Crippen molar-refractivity contribution in [1.29, 1.82) is 0 Å². The molecule has 0 bridgehead atoms. The van der Waals surface area contributed by atoms with Crippen LogP contribution in [0.25, 0.3) is 0 Å². The molecule has 1 saturated heterocycles. The van der Waals surface area contributed by atoms with Crippen LogP contribution in [0.3, 0.4) is 0 Å². The molecular weight excluding hydrogens is 270 g/mol. The minimum Gasteiger partial charge on any atom is -0.317 e. The van der Waals surface area contributed by atoms with Crippen molar-refractivity contribution in [3.63, 3.8) is 0 Å². The first-order valence-electron chi connectivity index (χ1n) is 7.77. The van der Waals surface area contributed by atoms with Crippen LogP contribution in [0.2, 0.25) is 0 Å². The maximum absolute atomic E-state index is 12.4. The predicted molar refractivity (Wildman–Crippen MR) is 80.0 cm³/mol. The summed E-state index contributed by atoms with van der Waals surface area (Å²) in [5.41, 5.74) is 1.54. The van der Waals surface area contributed by atoms with Gasteiger partial charge in [-0.1, -0.05) is 0 Å². The van der Waals surface area contributed by atoms with Gasteiger partial charge >= 0.3 is 0 Å². The molecule has 1 unspecified atom stereocenters. The van der Waals surface area contributed by atoms with Crippen LogP contribution >= 0.6 is 11.3 Å². The normalized spacial score (nSPS) is 27.1. The molecule has 1 saturated carbocycles. The molecule has 2 heterocycles. The summed E-state index contributed by atoms with van der Waals surface area (Å²) in [5.74, 6) is 0.434. The highest BCUT2D eigenvalue weighted by Gasteiger charge is 2.57. The van der Waals surface area contributed by atoms with Crippen molar-refractivity contribution < 1.29 is 4.79 Å². The van der Waals surface area contributed by atoms with E-state index in [4.69, 9.17) is 0 Å². The first-order chi connectivity index (χ1) is 9.77. The fourth-order valence-electron chi connectivity index (χ4n) is 3.79. The van der Waals surface area contributed by atoms with Crippen molar-refractivity contribution in [3.8, 4) is 0 Å². The van der Waals surface area contributed by atoms with Crippen LogP contribution < -0.4 is 10.6 Å². The molecule has 20 heavy (non-hydrogen) atoms. The number of carbonyl (C=O) groups excluding carboxylic acids is 1. The summed E-state index contributed by atoms with van der Waals surface area (Å²) in [6, 6.07) is 0. The van der Waals surface area contributed by atoms with Crippen molar-refractivity contribution >= 4 is 22.4 Å². The number of aryl methyl sites for hydroxylation is 2. The Balaban J connectivity index is 1.42. The van der Waals surface area contributed by atoms with E-state index in [1.54, 1.807) is 11.3 Å². The molecule has 2 aliphatic carbocycles. The maximum atomic E-state index is 12.4. The van der Waals surface area contributed by atoms with E-state index in [-0.39, 0.29) is 11.8 Å². The van der Waals surface area contributed by atoms with Crippen molar-refractivity contribution in [2.45, 2.75) is 44.9 Å². The fourth-order valence-corrected chi connectivity index (χ4v) is 4.85. The number of nitrogens with one attached hydrogen (secondary N) is 2. The van der Waals surface area contributed by atoms with Crippen molar-refractivity contribution in [3.05, 3.63) is 10.6 Å². The largest absolute Gasteiger partial charge is 0.317 e. The van der Waals surface area contributed by atoms with Gasteiger partial charge in [-0.05, 0) is 63.5 Å². The fraction of sp³-hybridized carbons (Fsp3) is 0.733. The van der Waals surface area contributed by atoms with E-state index in [9.17, 15) is 4.79 Å². The number of fused-ring (bicyclic) bond motifs is 1. The zero-order valence-electron chi connectivity index (χ0n) is 11.7. The van der Waals surface area contributed by atoms with Crippen LogP contribution in [0.5, 0.6) is 0 Å². The van der Waals surface area contributed by atoms with Crippen molar-refractivity contribution in [2.75, 3.05) is 18.4 Å². The highest BCUT2D eigenvalue weighted by molar-refractivity contribution is 7.15. The number of amides is 1. The summed E-state index contributed by atoms with van der Waals surface area (Å²) in [6.45, 7) is 2.13. The second kappa shape index (κ2) is 4.81. The van der Waals surface area contributed by atoms with E-state index in [0.29, 0.717) is 5.41 Å². The Hall–Kier alpha value is -0.940. The van der Waals surface area contributed by atoms with Crippen molar-refractivity contribution in [2.24, 2.45) is 11.3 Å². The molecule has 1 aromatic rings. The third kappa shape index (κ3) is 2.17. The Kier molecular flexibility index (Phi) is 3.07. The Bertz CT molecular complexity index is 510. The van der Waals surface area contributed by atoms with Gasteiger partial charge in [0.25, 0.3) is 0 Å². The Morgan fingerprint density at radius 3 is 2.90 bits per heavy atom. The molecule has 1 atom stereocenters. The van der Waals surface area contributed by atoms with Crippen molar-refractivity contribution in [1.82, 2.24) is 10.3 Å². The molecule has 1 spiro atoms. The molecule has 1 amide bonds. The van der Waals surface area contributed by atoms with E-state index < -0.39 is 0 Å². The van der Waals surface area contributed by atoms with Crippen LogP contribution in [-0.2, 0) is 17.6 Å². The number of thiazole rings is 1. The Morgan fingerprint density at radius 2 is 2.10 bits per heavy atom. The van der Waals surface area contributed by atoms with E-state index >= 15 is 0 Å². The Morgan fingerprint density at radius 1 is 1.30 bits per heavy atom. The van der Waals surface area contributed by atoms with E-state index in [2.05, 4.69) is 15.6 Å². The zero-order chi connectivity index (χ0) is 13.6. The smallest absolute Gasteiger partial charge is 0.229 e. The maximum Gasteiger partial charge on any atom is 0.229 e.